The Labute approximate surface area is 75.3 Å². The predicted octanol–water partition coefficient (Wildman–Crippen LogP) is -2.57. The highest BCUT2D eigenvalue weighted by molar-refractivity contribution is 4.88. The summed E-state index contributed by atoms with van der Waals surface area (Å²) in [6.07, 6.45) is -5.81. The molecule has 0 unspecified atom stereocenters. The van der Waals surface area contributed by atoms with Gasteiger partial charge in [0, 0.05) is 7.11 Å². The van der Waals surface area contributed by atoms with E-state index < -0.39 is 37.3 Å². The second-order valence-corrected chi connectivity index (χ2v) is 2.93. The van der Waals surface area contributed by atoms with Gasteiger partial charge in [0.15, 0.2) is 6.29 Å². The minimum atomic E-state index is -1.33. The molecule has 0 aromatic rings. The third-order valence-electron chi connectivity index (χ3n) is 2.11. The van der Waals surface area contributed by atoms with Gasteiger partial charge in [0.2, 0.25) is 0 Å². The van der Waals surface area contributed by atoms with Crippen molar-refractivity contribution in [2.45, 2.75) is 30.7 Å². The van der Waals surface area contributed by atoms with Gasteiger partial charge in [-0.25, -0.2) is 0 Å². The fraction of sp³-hybridized carbons (Fsp3) is 1.00. The van der Waals surface area contributed by atoms with Crippen LogP contribution < -0.4 is 0 Å². The number of rotatable bonds is 2. The number of hydrogen-bond acceptors (Lipinski definition) is 6. The molecule has 4 N–H and O–H groups in total. The summed E-state index contributed by atoms with van der Waals surface area (Å²) in [4.78, 5) is 0. The van der Waals surface area contributed by atoms with Crippen molar-refractivity contribution >= 4 is 0 Å². The molecule has 1 aliphatic rings. The van der Waals surface area contributed by atoms with Crippen LogP contribution in [0.5, 0.6) is 0 Å². The summed E-state index contributed by atoms with van der Waals surface area (Å²) < 4.78 is 9.50. The normalized spacial score (nSPS) is 46.4. The van der Waals surface area contributed by atoms with E-state index in [1.54, 1.807) is 0 Å². The Hall–Kier alpha value is -0.240. The highest BCUT2D eigenvalue weighted by Crippen LogP contribution is 2.21. The molecule has 0 spiro atoms. The average Bonchev–Trinajstić information content (AvgIpc) is 2.12. The van der Waals surface area contributed by atoms with Gasteiger partial charge in [-0.3, -0.25) is 0 Å². The quantitative estimate of drug-likeness (QED) is 0.386. The van der Waals surface area contributed by atoms with E-state index in [0.29, 0.717) is 0 Å². The second-order valence-electron chi connectivity index (χ2n) is 2.93. The number of aliphatic hydroxyl groups excluding tert-OH is 4. The summed E-state index contributed by atoms with van der Waals surface area (Å²) >= 11 is 0. The van der Waals surface area contributed by atoms with Gasteiger partial charge < -0.3 is 29.9 Å². The Morgan fingerprint density at radius 1 is 1.23 bits per heavy atom. The third-order valence-corrected chi connectivity index (χ3v) is 2.11. The molecule has 5 atom stereocenters. The Bertz CT molecular complexity index is 163. The molecule has 1 heterocycles. The molecule has 6 heteroatoms. The van der Waals surface area contributed by atoms with Crippen molar-refractivity contribution in [2.24, 2.45) is 0 Å². The first kappa shape index (κ1) is 10.8. The monoisotopic (exact) mass is 194 g/mol. The first-order chi connectivity index (χ1) is 6.11. The van der Waals surface area contributed by atoms with Gasteiger partial charge in [-0.05, 0) is 0 Å². The number of methoxy groups -OCH3 is 1. The zero-order valence-electron chi connectivity index (χ0n) is 7.20. The molecule has 0 amide bonds. The standard InChI is InChI=1S/C7H14O6/c1-12-6-5(10)4(9)3(2-8)13-7(6)11/h3-11H,2H2,1H3/t3-,4-,5-,6+,7+/m1/s1. The summed E-state index contributed by atoms with van der Waals surface area (Å²) in [5, 5.41) is 36.7. The van der Waals surface area contributed by atoms with Crippen LogP contribution in [-0.2, 0) is 9.47 Å². The molecule has 0 radical (unpaired) electrons. The molecule has 0 saturated carbocycles. The maximum absolute atomic E-state index is 9.38. The Kier molecular flexibility index (Phi) is 3.60. The van der Waals surface area contributed by atoms with Gasteiger partial charge in [-0.1, -0.05) is 0 Å². The molecule has 13 heavy (non-hydrogen) atoms. The number of ether oxygens (including phenoxy) is 2. The predicted molar refractivity (Wildman–Crippen MR) is 40.8 cm³/mol. The molecule has 0 bridgehead atoms. The molecular weight excluding hydrogens is 180 g/mol. The van der Waals surface area contributed by atoms with Crippen LogP contribution >= 0.6 is 0 Å². The van der Waals surface area contributed by atoms with Crippen molar-refractivity contribution in [3.8, 4) is 0 Å². The largest absolute Gasteiger partial charge is 0.394 e. The minimum Gasteiger partial charge on any atom is -0.394 e. The van der Waals surface area contributed by atoms with Crippen molar-refractivity contribution in [1.29, 1.82) is 0 Å². The van der Waals surface area contributed by atoms with Crippen molar-refractivity contribution < 1.29 is 29.9 Å². The van der Waals surface area contributed by atoms with Crippen LogP contribution in [0, 0.1) is 0 Å². The number of aliphatic hydroxyl groups is 4. The Balaban J connectivity index is 2.66. The van der Waals surface area contributed by atoms with Gasteiger partial charge in [-0.2, -0.15) is 0 Å². The summed E-state index contributed by atoms with van der Waals surface area (Å²) in [5.41, 5.74) is 0. The van der Waals surface area contributed by atoms with Gasteiger partial charge >= 0.3 is 0 Å². The molecule has 1 aliphatic heterocycles. The van der Waals surface area contributed by atoms with Crippen LogP contribution in [-0.4, -0.2) is 64.8 Å². The number of hydrogen-bond donors (Lipinski definition) is 4. The van der Waals surface area contributed by atoms with Crippen LogP contribution in [0.4, 0.5) is 0 Å². The second kappa shape index (κ2) is 4.32. The van der Waals surface area contributed by atoms with Crippen LogP contribution in [0.2, 0.25) is 0 Å². The maximum Gasteiger partial charge on any atom is 0.184 e. The lowest BCUT2D eigenvalue weighted by Crippen LogP contribution is -2.59. The smallest absolute Gasteiger partial charge is 0.184 e. The highest BCUT2D eigenvalue weighted by atomic mass is 16.7. The van der Waals surface area contributed by atoms with Crippen LogP contribution in [0.3, 0.4) is 0 Å². The van der Waals surface area contributed by atoms with Crippen molar-refractivity contribution in [1.82, 2.24) is 0 Å². The van der Waals surface area contributed by atoms with E-state index in [1.165, 1.54) is 7.11 Å². The van der Waals surface area contributed by atoms with Gasteiger partial charge in [0.1, 0.15) is 24.4 Å². The summed E-state index contributed by atoms with van der Waals surface area (Å²) in [6.45, 7) is -0.467. The van der Waals surface area contributed by atoms with Crippen molar-refractivity contribution in [3.05, 3.63) is 0 Å². The SMILES string of the molecule is CO[C@H]1[C@H](O)[C@H](O)[C@@H](CO)O[C@@H]1O. The molecule has 0 aromatic heterocycles. The summed E-state index contributed by atoms with van der Waals surface area (Å²) in [7, 11) is 1.28. The van der Waals surface area contributed by atoms with E-state index in [9.17, 15) is 15.3 Å². The lowest BCUT2D eigenvalue weighted by molar-refractivity contribution is -0.291. The van der Waals surface area contributed by atoms with Gasteiger partial charge in [-0.15, -0.1) is 0 Å². The first-order valence-corrected chi connectivity index (χ1v) is 3.95. The highest BCUT2D eigenvalue weighted by Gasteiger charge is 2.43. The van der Waals surface area contributed by atoms with Gasteiger partial charge in [0.05, 0.1) is 6.61 Å². The lowest BCUT2D eigenvalue weighted by atomic mass is 9.99. The molecule has 1 saturated heterocycles. The molecule has 78 valence electrons. The minimum absolute atomic E-state index is 0.467. The molecule has 1 rings (SSSR count). The Morgan fingerprint density at radius 3 is 2.31 bits per heavy atom. The first-order valence-electron chi connectivity index (χ1n) is 3.95. The summed E-state index contributed by atoms with van der Waals surface area (Å²) in [6, 6.07) is 0. The molecule has 6 nitrogen and oxygen atoms in total. The van der Waals surface area contributed by atoms with Crippen LogP contribution in [0.1, 0.15) is 0 Å². The fourth-order valence-corrected chi connectivity index (χ4v) is 1.33. The zero-order valence-corrected chi connectivity index (χ0v) is 7.20. The molecule has 0 aromatic carbocycles. The van der Waals surface area contributed by atoms with Crippen LogP contribution in [0.15, 0.2) is 0 Å². The maximum atomic E-state index is 9.38. The molecular formula is C7H14O6. The van der Waals surface area contributed by atoms with Crippen LogP contribution in [0.25, 0.3) is 0 Å². The fourth-order valence-electron chi connectivity index (χ4n) is 1.33. The topological polar surface area (TPSA) is 99.4 Å². The average molecular weight is 194 g/mol. The van der Waals surface area contributed by atoms with E-state index in [1.807, 2.05) is 0 Å². The zero-order chi connectivity index (χ0) is 10.0. The van der Waals surface area contributed by atoms with E-state index >= 15 is 0 Å². The summed E-state index contributed by atoms with van der Waals surface area (Å²) in [5.74, 6) is 0. The van der Waals surface area contributed by atoms with Crippen molar-refractivity contribution in [3.63, 3.8) is 0 Å². The van der Waals surface area contributed by atoms with E-state index in [4.69, 9.17) is 14.6 Å². The van der Waals surface area contributed by atoms with E-state index in [-0.39, 0.29) is 0 Å². The Morgan fingerprint density at radius 2 is 1.85 bits per heavy atom. The van der Waals surface area contributed by atoms with E-state index in [0.717, 1.165) is 0 Å². The molecule has 1 fully saturated rings. The lowest BCUT2D eigenvalue weighted by Gasteiger charge is -2.39. The van der Waals surface area contributed by atoms with Crippen molar-refractivity contribution in [2.75, 3.05) is 13.7 Å². The van der Waals surface area contributed by atoms with E-state index in [2.05, 4.69) is 0 Å². The molecule has 0 aliphatic carbocycles. The third kappa shape index (κ3) is 1.98. The van der Waals surface area contributed by atoms with Gasteiger partial charge in [0.25, 0.3) is 0 Å².